The van der Waals surface area contributed by atoms with Gasteiger partial charge in [-0.25, -0.2) is 14.4 Å². The molecule has 1 fully saturated rings. The van der Waals surface area contributed by atoms with E-state index < -0.39 is 5.82 Å². The Morgan fingerprint density at radius 3 is 3.06 bits per heavy atom. The number of hydrogen-bond acceptors (Lipinski definition) is 3. The minimum Gasteiger partial charge on any atom is -0.258 e. The first-order valence-electron chi connectivity index (χ1n) is 5.47. The van der Waals surface area contributed by atoms with E-state index in [0.29, 0.717) is 0 Å². The molecule has 5 heteroatoms. The molecule has 1 aromatic rings. The van der Waals surface area contributed by atoms with Crippen molar-refractivity contribution in [3.63, 3.8) is 0 Å². The van der Waals surface area contributed by atoms with Gasteiger partial charge in [-0.1, -0.05) is 18.0 Å². The maximum Gasteiger partial charge on any atom is 0.164 e. The molecule has 1 saturated heterocycles. The van der Waals surface area contributed by atoms with Crippen molar-refractivity contribution in [2.45, 2.75) is 25.3 Å². The Balaban J connectivity index is 2.23. The van der Waals surface area contributed by atoms with Crippen LogP contribution in [0, 0.1) is 5.82 Å². The van der Waals surface area contributed by atoms with Gasteiger partial charge in [-0.15, -0.1) is 0 Å². The zero-order chi connectivity index (χ0) is 11.5. The van der Waals surface area contributed by atoms with Gasteiger partial charge >= 0.3 is 0 Å². The summed E-state index contributed by atoms with van der Waals surface area (Å²) in [7, 11) is 1.89. The Hall–Kier alpha value is -0.710. The molecule has 1 aromatic heterocycles. The maximum absolute atomic E-state index is 13.3. The van der Waals surface area contributed by atoms with E-state index in [2.05, 4.69) is 15.4 Å². The van der Waals surface area contributed by atoms with E-state index in [-0.39, 0.29) is 11.2 Å². The lowest BCUT2D eigenvalue weighted by Gasteiger charge is -2.34. The lowest BCUT2D eigenvalue weighted by atomic mass is 9.98. The molecule has 0 spiro atoms. The molecule has 0 aliphatic carbocycles. The molecule has 88 valence electrons. The first-order chi connectivity index (χ1) is 7.72. The molecule has 0 saturated carbocycles. The van der Waals surface area contributed by atoms with Crippen LogP contribution in [0.25, 0.3) is 0 Å². The van der Waals surface area contributed by atoms with Crippen LogP contribution in [0.5, 0.6) is 0 Å². The average Bonchev–Trinajstić information content (AvgIpc) is 2.32. The highest BCUT2D eigenvalue weighted by atomic mass is 35.5. The molecule has 0 radical (unpaired) electrons. The summed E-state index contributed by atoms with van der Waals surface area (Å²) in [5, 5.41) is 2.06. The van der Waals surface area contributed by atoms with Crippen LogP contribution in [0.2, 0.25) is 5.15 Å². The molecular weight excluding hydrogens is 229 g/mol. The Labute approximate surface area is 99.6 Å². The van der Waals surface area contributed by atoms with Crippen molar-refractivity contribution in [1.82, 2.24) is 15.4 Å². The highest BCUT2D eigenvalue weighted by Gasteiger charge is 2.23. The fourth-order valence-corrected chi connectivity index (χ4v) is 2.27. The lowest BCUT2D eigenvalue weighted by molar-refractivity contribution is 0.0980. The van der Waals surface area contributed by atoms with Gasteiger partial charge in [-0.05, 0) is 31.5 Å². The van der Waals surface area contributed by atoms with Crippen LogP contribution < -0.4 is 5.43 Å². The summed E-state index contributed by atoms with van der Waals surface area (Å²) in [6, 6.07) is 1.67. The quantitative estimate of drug-likeness (QED) is 0.810. The van der Waals surface area contributed by atoms with Gasteiger partial charge in [0.15, 0.2) is 11.0 Å². The molecule has 16 heavy (non-hydrogen) atoms. The summed E-state index contributed by atoms with van der Waals surface area (Å²) in [5.41, 5.74) is 4.02. The van der Waals surface area contributed by atoms with Crippen molar-refractivity contribution in [3.05, 3.63) is 28.8 Å². The van der Waals surface area contributed by atoms with Crippen LogP contribution in [0.4, 0.5) is 4.39 Å². The van der Waals surface area contributed by atoms with E-state index >= 15 is 0 Å². The van der Waals surface area contributed by atoms with Crippen molar-refractivity contribution in [2.24, 2.45) is 0 Å². The highest BCUT2D eigenvalue weighted by molar-refractivity contribution is 6.29. The predicted octanol–water partition coefficient (Wildman–Crippen LogP) is 2.54. The smallest absolute Gasteiger partial charge is 0.164 e. The minimum atomic E-state index is -0.444. The molecule has 0 bridgehead atoms. The van der Waals surface area contributed by atoms with Crippen molar-refractivity contribution in [2.75, 3.05) is 13.6 Å². The third-order valence-corrected chi connectivity index (χ3v) is 3.27. The number of piperidine rings is 1. The number of rotatable bonds is 2. The Morgan fingerprint density at radius 1 is 1.56 bits per heavy atom. The van der Waals surface area contributed by atoms with Gasteiger partial charge in [0.05, 0.1) is 6.04 Å². The number of nitrogens with one attached hydrogen (secondary N) is 1. The normalized spacial score (nSPS) is 22.3. The molecule has 1 aliphatic rings. The SMILES string of the molecule is CNN1CCCCC1c1cnc(Cl)c(F)c1. The van der Waals surface area contributed by atoms with E-state index in [1.54, 1.807) is 6.20 Å². The van der Waals surface area contributed by atoms with Crippen LogP contribution >= 0.6 is 11.6 Å². The van der Waals surface area contributed by atoms with Crippen molar-refractivity contribution >= 4 is 11.6 Å². The van der Waals surface area contributed by atoms with Gasteiger partial charge in [-0.3, -0.25) is 5.43 Å². The van der Waals surface area contributed by atoms with Gasteiger partial charge in [0.25, 0.3) is 0 Å². The monoisotopic (exact) mass is 243 g/mol. The summed E-state index contributed by atoms with van der Waals surface area (Å²) in [6.45, 7) is 0.978. The number of nitrogens with zero attached hydrogens (tertiary/aromatic N) is 2. The van der Waals surface area contributed by atoms with E-state index in [4.69, 9.17) is 11.6 Å². The number of pyridine rings is 1. The van der Waals surface area contributed by atoms with Gasteiger partial charge in [0, 0.05) is 12.7 Å². The highest BCUT2D eigenvalue weighted by Crippen LogP contribution is 2.29. The van der Waals surface area contributed by atoms with Crippen LogP contribution in [0.15, 0.2) is 12.3 Å². The maximum atomic E-state index is 13.3. The Bertz CT molecular complexity index is 372. The summed E-state index contributed by atoms with van der Waals surface area (Å²) in [6.07, 6.45) is 5.00. The zero-order valence-electron chi connectivity index (χ0n) is 9.21. The number of aromatic nitrogens is 1. The summed E-state index contributed by atoms with van der Waals surface area (Å²) in [5.74, 6) is -0.444. The number of halogens is 2. The van der Waals surface area contributed by atoms with Gasteiger partial charge in [0.2, 0.25) is 0 Å². The molecular formula is C11H15ClFN3. The number of hydrogen-bond donors (Lipinski definition) is 1. The molecule has 1 N–H and O–H groups in total. The molecule has 3 nitrogen and oxygen atoms in total. The molecule has 1 aliphatic heterocycles. The lowest BCUT2D eigenvalue weighted by Crippen LogP contribution is -2.41. The topological polar surface area (TPSA) is 28.2 Å². The molecule has 2 rings (SSSR count). The second-order valence-corrected chi connectivity index (χ2v) is 4.33. The minimum absolute atomic E-state index is 0.0597. The molecule has 2 heterocycles. The number of hydrazine groups is 1. The second kappa shape index (κ2) is 5.08. The fourth-order valence-electron chi connectivity index (χ4n) is 2.16. The van der Waals surface area contributed by atoms with Gasteiger partial charge in [-0.2, -0.15) is 0 Å². The predicted molar refractivity (Wildman–Crippen MR) is 61.6 cm³/mol. The molecule has 1 atom stereocenters. The van der Waals surface area contributed by atoms with E-state index in [9.17, 15) is 4.39 Å². The van der Waals surface area contributed by atoms with E-state index in [1.165, 1.54) is 12.5 Å². The van der Waals surface area contributed by atoms with Crippen LogP contribution in [-0.2, 0) is 0 Å². The molecule has 0 aromatic carbocycles. The van der Waals surface area contributed by atoms with Gasteiger partial charge < -0.3 is 0 Å². The van der Waals surface area contributed by atoms with E-state index in [0.717, 1.165) is 24.9 Å². The summed E-state index contributed by atoms with van der Waals surface area (Å²) in [4.78, 5) is 3.86. The standard InChI is InChI=1S/C11H15ClFN3/c1-14-16-5-3-2-4-10(16)8-6-9(13)11(12)15-7-8/h6-7,10,14H,2-5H2,1H3. The first kappa shape index (κ1) is 11.8. The zero-order valence-corrected chi connectivity index (χ0v) is 9.97. The van der Waals surface area contributed by atoms with Crippen molar-refractivity contribution < 1.29 is 4.39 Å². The first-order valence-corrected chi connectivity index (χ1v) is 5.85. The third-order valence-electron chi connectivity index (χ3n) is 2.99. The third kappa shape index (κ3) is 2.34. The van der Waals surface area contributed by atoms with Crippen molar-refractivity contribution in [3.8, 4) is 0 Å². The Kier molecular flexibility index (Phi) is 3.74. The fraction of sp³-hybridized carbons (Fsp3) is 0.545. The molecule has 1 unspecified atom stereocenters. The van der Waals surface area contributed by atoms with Gasteiger partial charge in [0.1, 0.15) is 0 Å². The second-order valence-electron chi connectivity index (χ2n) is 3.97. The largest absolute Gasteiger partial charge is 0.258 e. The van der Waals surface area contributed by atoms with Crippen molar-refractivity contribution in [1.29, 1.82) is 0 Å². The average molecular weight is 244 g/mol. The Morgan fingerprint density at radius 2 is 2.38 bits per heavy atom. The van der Waals surface area contributed by atoms with Crippen LogP contribution in [0.1, 0.15) is 30.9 Å². The van der Waals surface area contributed by atoms with E-state index in [1.807, 2.05) is 7.05 Å². The van der Waals surface area contributed by atoms with Crippen LogP contribution in [0.3, 0.4) is 0 Å². The van der Waals surface area contributed by atoms with Crippen LogP contribution in [-0.4, -0.2) is 23.6 Å². The summed E-state index contributed by atoms with van der Waals surface area (Å²) < 4.78 is 13.3. The summed E-state index contributed by atoms with van der Waals surface area (Å²) >= 11 is 5.57. The molecule has 0 amide bonds.